The van der Waals surface area contributed by atoms with Crippen LogP contribution in [0.25, 0.3) is 10.8 Å². The van der Waals surface area contributed by atoms with Crippen molar-refractivity contribution in [3.8, 4) is 0 Å². The van der Waals surface area contributed by atoms with Crippen LogP contribution in [0.3, 0.4) is 0 Å². The van der Waals surface area contributed by atoms with Crippen molar-refractivity contribution in [1.82, 2.24) is 4.90 Å². The molecule has 0 aromatic heterocycles. The van der Waals surface area contributed by atoms with Crippen LogP contribution in [0.5, 0.6) is 0 Å². The van der Waals surface area contributed by atoms with Crippen molar-refractivity contribution in [1.29, 1.82) is 0 Å². The van der Waals surface area contributed by atoms with Gasteiger partial charge in [-0.25, -0.2) is 0 Å². The third kappa shape index (κ3) is 3.72. The van der Waals surface area contributed by atoms with E-state index >= 15 is 0 Å². The van der Waals surface area contributed by atoms with Crippen LogP contribution in [0.4, 0.5) is 0 Å². The van der Waals surface area contributed by atoms with Crippen molar-refractivity contribution in [2.75, 3.05) is 25.5 Å². The van der Waals surface area contributed by atoms with Gasteiger partial charge in [0.05, 0.1) is 25.0 Å². The van der Waals surface area contributed by atoms with Gasteiger partial charge in [-0.15, -0.1) is 11.8 Å². The minimum absolute atomic E-state index is 0.0375. The van der Waals surface area contributed by atoms with Gasteiger partial charge < -0.3 is 14.4 Å². The third-order valence-electron chi connectivity index (χ3n) is 5.00. The van der Waals surface area contributed by atoms with Gasteiger partial charge in [0.15, 0.2) is 6.29 Å². The monoisotopic (exact) mass is 391 g/mol. The molecule has 6 heteroatoms. The molecule has 1 unspecified atom stereocenters. The van der Waals surface area contributed by atoms with Crippen LogP contribution < -0.4 is 0 Å². The summed E-state index contributed by atoms with van der Waals surface area (Å²) in [6, 6.07) is 12.0. The first-order valence-electron chi connectivity index (χ1n) is 9.07. The molecule has 2 aliphatic heterocycles. The zero-order valence-corrected chi connectivity index (χ0v) is 16.1. The number of rotatable bonds is 4. The van der Waals surface area contributed by atoms with Crippen molar-refractivity contribution >= 4 is 40.0 Å². The fourth-order valence-corrected chi connectivity index (χ4v) is 5.09. The Morgan fingerprint density at radius 3 is 2.73 bits per heavy atom. The predicted molar refractivity (Wildman–Crippen MR) is 105 cm³/mol. The summed E-state index contributed by atoms with van der Waals surface area (Å²) in [7, 11) is 0. The minimum atomic E-state index is -0.267. The smallest absolute Gasteiger partial charge is 0.233 e. The number of nitrogens with zero attached hydrogens (tertiary/aromatic N) is 1. The van der Waals surface area contributed by atoms with Crippen molar-refractivity contribution in [3.05, 3.63) is 41.4 Å². The van der Waals surface area contributed by atoms with Crippen molar-refractivity contribution in [2.24, 2.45) is 0 Å². The fraction of sp³-hybridized carbons (Fsp3) is 0.450. The van der Waals surface area contributed by atoms with Gasteiger partial charge in [0, 0.05) is 21.8 Å². The molecule has 2 fully saturated rings. The Morgan fingerprint density at radius 1 is 1.15 bits per heavy atom. The lowest BCUT2D eigenvalue weighted by Gasteiger charge is -2.38. The third-order valence-corrected chi connectivity index (χ3v) is 6.36. The van der Waals surface area contributed by atoms with Crippen molar-refractivity contribution in [2.45, 2.75) is 36.5 Å². The van der Waals surface area contributed by atoms with Gasteiger partial charge in [-0.2, -0.15) is 0 Å². The summed E-state index contributed by atoms with van der Waals surface area (Å²) in [5, 5.41) is 2.84. The Hall–Kier alpha value is -1.27. The highest BCUT2D eigenvalue weighted by Crippen LogP contribution is 2.34. The number of piperidine rings is 1. The van der Waals surface area contributed by atoms with E-state index in [4.69, 9.17) is 21.1 Å². The molecule has 2 aromatic carbocycles. The van der Waals surface area contributed by atoms with E-state index < -0.39 is 0 Å². The number of hydrogen-bond donors (Lipinski definition) is 0. The summed E-state index contributed by atoms with van der Waals surface area (Å²) in [5.74, 6) is 0.538. The van der Waals surface area contributed by atoms with E-state index in [1.165, 1.54) is 0 Å². The molecule has 2 aliphatic rings. The van der Waals surface area contributed by atoms with E-state index in [0.717, 1.165) is 46.5 Å². The van der Waals surface area contributed by atoms with E-state index in [0.29, 0.717) is 19.0 Å². The molecule has 0 saturated carbocycles. The lowest BCUT2D eigenvalue weighted by molar-refractivity contribution is -0.148. The molecule has 1 amide bonds. The molecular weight excluding hydrogens is 370 g/mol. The van der Waals surface area contributed by atoms with Crippen LogP contribution in [-0.4, -0.2) is 48.7 Å². The highest BCUT2D eigenvalue weighted by molar-refractivity contribution is 8.00. The van der Waals surface area contributed by atoms with Crippen LogP contribution in [0, 0.1) is 0 Å². The van der Waals surface area contributed by atoms with Gasteiger partial charge in [-0.05, 0) is 36.8 Å². The fourth-order valence-electron chi connectivity index (χ4n) is 3.75. The zero-order valence-electron chi connectivity index (χ0n) is 14.5. The minimum Gasteiger partial charge on any atom is -0.348 e. The Bertz CT molecular complexity index is 788. The number of hydrogen-bond acceptors (Lipinski definition) is 4. The largest absolute Gasteiger partial charge is 0.348 e. The number of halogens is 1. The average Bonchev–Trinajstić information content (AvgIpc) is 3.21. The molecule has 0 aliphatic carbocycles. The summed E-state index contributed by atoms with van der Waals surface area (Å²) < 4.78 is 11.3. The number of thioether (sulfide) groups is 1. The summed E-state index contributed by atoms with van der Waals surface area (Å²) >= 11 is 7.95. The second kappa shape index (κ2) is 8.17. The summed E-state index contributed by atoms with van der Waals surface area (Å²) in [5.41, 5.74) is 0. The van der Waals surface area contributed by atoms with Crippen LogP contribution in [0.15, 0.2) is 41.3 Å². The summed E-state index contributed by atoms with van der Waals surface area (Å²) in [6.45, 7) is 2.02. The quantitative estimate of drug-likeness (QED) is 0.727. The molecule has 2 heterocycles. The lowest BCUT2D eigenvalue weighted by Crippen LogP contribution is -2.50. The number of carbonyl (C=O) groups is 1. The Morgan fingerprint density at radius 2 is 1.92 bits per heavy atom. The first-order valence-corrected chi connectivity index (χ1v) is 10.4. The normalized spacial score (nSPS) is 21.4. The first kappa shape index (κ1) is 18.1. The molecular formula is C20H22ClNO3S. The second-order valence-corrected chi connectivity index (χ2v) is 8.07. The van der Waals surface area contributed by atoms with Gasteiger partial charge in [0.1, 0.15) is 0 Å². The van der Waals surface area contributed by atoms with Crippen LogP contribution in [-0.2, 0) is 14.3 Å². The predicted octanol–water partition coefficient (Wildman–Crippen LogP) is 4.34. The number of carbonyl (C=O) groups excluding carboxylic acids is 1. The molecule has 0 N–H and O–H groups in total. The van der Waals surface area contributed by atoms with Crippen LogP contribution >= 0.6 is 23.4 Å². The molecule has 4 nitrogen and oxygen atoms in total. The number of benzene rings is 2. The molecule has 138 valence electrons. The molecule has 2 aromatic rings. The number of fused-ring (bicyclic) bond motifs is 1. The second-order valence-electron chi connectivity index (χ2n) is 6.64. The SMILES string of the molecule is O=C(CSc1cccc2cccc(Cl)c12)N1CCCCC1C1OCCO1. The standard InChI is InChI=1S/C20H22ClNO3S/c21-15-7-3-5-14-6-4-9-17(19(14)15)26-13-18(23)22-10-2-1-8-16(22)20-24-11-12-25-20/h3-7,9,16,20H,1-2,8,10-13H2. The van der Waals surface area contributed by atoms with E-state index in [9.17, 15) is 4.79 Å². The number of ether oxygens (including phenoxy) is 2. The maximum absolute atomic E-state index is 12.9. The molecule has 26 heavy (non-hydrogen) atoms. The van der Waals surface area contributed by atoms with E-state index in [-0.39, 0.29) is 18.2 Å². The lowest BCUT2D eigenvalue weighted by atomic mass is 10.0. The van der Waals surface area contributed by atoms with Gasteiger partial charge in [-0.3, -0.25) is 4.79 Å². The maximum atomic E-state index is 12.9. The summed E-state index contributed by atoms with van der Waals surface area (Å²) in [4.78, 5) is 15.9. The van der Waals surface area contributed by atoms with E-state index in [2.05, 4.69) is 0 Å². The first-order chi connectivity index (χ1) is 12.7. The highest BCUT2D eigenvalue weighted by Gasteiger charge is 2.36. The molecule has 4 rings (SSSR count). The maximum Gasteiger partial charge on any atom is 0.233 e. The topological polar surface area (TPSA) is 38.8 Å². The van der Waals surface area contributed by atoms with Gasteiger partial charge in [0.2, 0.25) is 5.91 Å². The number of likely N-dealkylation sites (tertiary alicyclic amines) is 1. The van der Waals surface area contributed by atoms with Gasteiger partial charge >= 0.3 is 0 Å². The average molecular weight is 392 g/mol. The Kier molecular flexibility index (Phi) is 5.69. The van der Waals surface area contributed by atoms with Gasteiger partial charge in [-0.1, -0.05) is 35.9 Å². The zero-order chi connectivity index (χ0) is 17.9. The van der Waals surface area contributed by atoms with Crippen molar-refractivity contribution in [3.63, 3.8) is 0 Å². The van der Waals surface area contributed by atoms with Crippen molar-refractivity contribution < 1.29 is 14.3 Å². The summed E-state index contributed by atoms with van der Waals surface area (Å²) in [6.07, 6.45) is 2.83. The molecule has 0 bridgehead atoms. The number of amides is 1. The Balaban J connectivity index is 1.48. The van der Waals surface area contributed by atoms with E-state index in [1.807, 2.05) is 41.3 Å². The van der Waals surface area contributed by atoms with Crippen LogP contribution in [0.1, 0.15) is 19.3 Å². The van der Waals surface area contributed by atoms with E-state index in [1.54, 1.807) is 11.8 Å². The Labute approximate surface area is 162 Å². The molecule has 0 spiro atoms. The van der Waals surface area contributed by atoms with Gasteiger partial charge in [0.25, 0.3) is 0 Å². The molecule has 0 radical (unpaired) electrons. The molecule has 1 atom stereocenters. The molecule has 2 saturated heterocycles. The van der Waals surface area contributed by atoms with Crippen LogP contribution in [0.2, 0.25) is 5.02 Å². The highest BCUT2D eigenvalue weighted by atomic mass is 35.5.